The van der Waals surface area contributed by atoms with E-state index >= 15 is 0 Å². The lowest BCUT2D eigenvalue weighted by molar-refractivity contribution is 0.0860. The molecule has 1 saturated heterocycles. The maximum absolute atomic E-state index is 12.8. The smallest absolute Gasteiger partial charge is 0.171 e. The molecule has 0 saturated carbocycles. The lowest BCUT2D eigenvalue weighted by Gasteiger charge is -2.25. The van der Waals surface area contributed by atoms with Crippen LogP contribution in [-0.2, 0) is 0 Å². The molecule has 1 aromatic carbocycles. The van der Waals surface area contributed by atoms with Crippen molar-refractivity contribution in [1.29, 1.82) is 0 Å². The van der Waals surface area contributed by atoms with Gasteiger partial charge in [-0.1, -0.05) is 32.9 Å². The van der Waals surface area contributed by atoms with E-state index in [2.05, 4.69) is 27.0 Å². The number of nitrogens with one attached hydrogen (secondary N) is 1. The zero-order valence-electron chi connectivity index (χ0n) is 16.6. The maximum Gasteiger partial charge on any atom is 0.171 e. The van der Waals surface area contributed by atoms with Gasteiger partial charge in [0, 0.05) is 29.4 Å². The number of aromatic amines is 1. The van der Waals surface area contributed by atoms with Crippen molar-refractivity contribution in [1.82, 2.24) is 15.0 Å². The number of hydrogen-bond donors (Lipinski definition) is 2. The second-order valence-corrected chi connectivity index (χ2v) is 8.46. The van der Waals surface area contributed by atoms with Gasteiger partial charge < -0.3 is 15.0 Å². The first-order chi connectivity index (χ1) is 13.4. The first-order valence-corrected chi connectivity index (χ1v) is 9.75. The van der Waals surface area contributed by atoms with Crippen LogP contribution in [0.3, 0.4) is 0 Å². The number of ketones is 1. The van der Waals surface area contributed by atoms with E-state index in [4.69, 9.17) is 4.98 Å². The van der Waals surface area contributed by atoms with Gasteiger partial charge in [0.2, 0.25) is 0 Å². The molecule has 0 spiro atoms. The summed E-state index contributed by atoms with van der Waals surface area (Å²) in [7, 11) is 0. The second kappa shape index (κ2) is 7.02. The fourth-order valence-electron chi connectivity index (χ4n) is 3.82. The molecule has 2 aromatic heterocycles. The Bertz CT molecular complexity index is 1020. The Kier molecular flexibility index (Phi) is 4.67. The predicted octanol–water partition coefficient (Wildman–Crippen LogP) is 3.81. The molecule has 0 aliphatic carbocycles. The van der Waals surface area contributed by atoms with Gasteiger partial charge in [-0.2, -0.15) is 0 Å². The topological polar surface area (TPSA) is 82.1 Å². The average Bonchev–Trinajstić information content (AvgIpc) is 3.33. The van der Waals surface area contributed by atoms with Crippen molar-refractivity contribution in [3.05, 3.63) is 42.2 Å². The van der Waals surface area contributed by atoms with Crippen LogP contribution in [0.1, 0.15) is 44.0 Å². The number of fused-ring (bicyclic) bond motifs is 1. The number of aliphatic hydroxyl groups is 1. The zero-order valence-corrected chi connectivity index (χ0v) is 16.6. The maximum atomic E-state index is 12.8. The Morgan fingerprint density at radius 1 is 1.36 bits per heavy atom. The van der Waals surface area contributed by atoms with Crippen molar-refractivity contribution in [2.75, 3.05) is 18.1 Å². The molecule has 2 N–H and O–H groups in total. The summed E-state index contributed by atoms with van der Waals surface area (Å²) in [6, 6.07) is 8.32. The van der Waals surface area contributed by atoms with E-state index in [0.717, 1.165) is 36.3 Å². The van der Waals surface area contributed by atoms with Gasteiger partial charge in [-0.3, -0.25) is 4.79 Å². The number of carbonyl (C=O) groups is 1. The number of benzene rings is 1. The second-order valence-electron chi connectivity index (χ2n) is 8.46. The molecular weight excluding hydrogens is 352 g/mol. The highest BCUT2D eigenvalue weighted by Gasteiger charge is 2.27. The van der Waals surface area contributed by atoms with Gasteiger partial charge in [0.25, 0.3) is 0 Å². The Morgan fingerprint density at radius 3 is 2.93 bits per heavy atom. The molecule has 146 valence electrons. The SMILES string of the molecule is CC(C)(C)C(=O)c1c[nH]c2ncc(-c3cccc(N4CCC[C@@H]4CO)c3)nc12. The first kappa shape index (κ1) is 18.6. The highest BCUT2D eigenvalue weighted by molar-refractivity contribution is 6.08. The quantitative estimate of drug-likeness (QED) is 0.675. The van der Waals surface area contributed by atoms with Crippen LogP contribution in [0.4, 0.5) is 5.69 Å². The molecule has 3 aromatic rings. The van der Waals surface area contributed by atoms with Gasteiger partial charge in [-0.25, -0.2) is 9.97 Å². The number of carbonyl (C=O) groups excluding carboxylic acids is 1. The number of Topliss-reactive ketones (excluding diaryl/α,β-unsaturated/α-hetero) is 1. The molecule has 0 amide bonds. The molecule has 1 fully saturated rings. The van der Waals surface area contributed by atoms with Gasteiger partial charge in [0.05, 0.1) is 30.1 Å². The number of aliphatic hydroxyl groups excluding tert-OH is 1. The number of aromatic nitrogens is 3. The van der Waals surface area contributed by atoms with Gasteiger partial charge in [0.1, 0.15) is 5.52 Å². The summed E-state index contributed by atoms with van der Waals surface area (Å²) in [5, 5.41) is 9.63. The van der Waals surface area contributed by atoms with Crippen LogP contribution in [0.5, 0.6) is 0 Å². The number of H-pyrrole nitrogens is 1. The lowest BCUT2D eigenvalue weighted by Crippen LogP contribution is -2.31. The van der Waals surface area contributed by atoms with Crippen molar-refractivity contribution in [2.45, 2.75) is 39.7 Å². The minimum absolute atomic E-state index is 0.0433. The third-order valence-electron chi connectivity index (χ3n) is 5.37. The van der Waals surface area contributed by atoms with Crippen molar-refractivity contribution in [2.24, 2.45) is 5.41 Å². The number of anilines is 1. The van der Waals surface area contributed by atoms with Crippen molar-refractivity contribution in [3.8, 4) is 11.3 Å². The Labute approximate surface area is 164 Å². The highest BCUT2D eigenvalue weighted by atomic mass is 16.3. The van der Waals surface area contributed by atoms with E-state index in [0.29, 0.717) is 16.7 Å². The lowest BCUT2D eigenvalue weighted by atomic mass is 9.87. The van der Waals surface area contributed by atoms with Crippen LogP contribution in [0.2, 0.25) is 0 Å². The third-order valence-corrected chi connectivity index (χ3v) is 5.37. The largest absolute Gasteiger partial charge is 0.394 e. The van der Waals surface area contributed by atoms with Crippen LogP contribution >= 0.6 is 0 Å². The van der Waals surface area contributed by atoms with Crippen molar-refractivity contribution < 1.29 is 9.90 Å². The van der Waals surface area contributed by atoms with E-state index in [-0.39, 0.29) is 18.4 Å². The number of rotatable bonds is 4. The van der Waals surface area contributed by atoms with E-state index in [1.165, 1.54) is 0 Å². The van der Waals surface area contributed by atoms with Gasteiger partial charge in [0.15, 0.2) is 11.4 Å². The number of hydrogen-bond acceptors (Lipinski definition) is 5. The fourth-order valence-corrected chi connectivity index (χ4v) is 3.82. The van der Waals surface area contributed by atoms with Crippen molar-refractivity contribution >= 4 is 22.6 Å². The van der Waals surface area contributed by atoms with Crippen LogP contribution < -0.4 is 4.90 Å². The summed E-state index contributed by atoms with van der Waals surface area (Å²) >= 11 is 0. The Hall–Kier alpha value is -2.73. The molecule has 3 heterocycles. The normalized spacial score (nSPS) is 17.4. The highest BCUT2D eigenvalue weighted by Crippen LogP contribution is 2.30. The van der Waals surface area contributed by atoms with E-state index in [1.54, 1.807) is 12.4 Å². The summed E-state index contributed by atoms with van der Waals surface area (Å²) in [5.74, 6) is 0.0433. The van der Waals surface area contributed by atoms with E-state index < -0.39 is 5.41 Å². The molecular formula is C22H26N4O2. The molecule has 1 atom stereocenters. The summed E-state index contributed by atoms with van der Waals surface area (Å²) in [5.41, 5.74) is 4.08. The first-order valence-electron chi connectivity index (χ1n) is 9.75. The summed E-state index contributed by atoms with van der Waals surface area (Å²) in [4.78, 5) is 27.3. The standard InChI is InChI=1S/C22H26N4O2/c1-22(2,3)20(28)17-11-23-21-19(17)25-18(12-24-21)14-6-4-7-15(10-14)26-9-5-8-16(26)13-27/h4,6-7,10-12,16,27H,5,8-9,13H2,1-3H3,(H,23,24)/t16-/m1/s1. The molecule has 0 bridgehead atoms. The zero-order chi connectivity index (χ0) is 19.9. The molecule has 6 heteroatoms. The van der Waals surface area contributed by atoms with E-state index in [9.17, 15) is 9.90 Å². The Morgan fingerprint density at radius 2 is 2.18 bits per heavy atom. The molecule has 6 nitrogen and oxygen atoms in total. The Balaban J connectivity index is 1.74. The summed E-state index contributed by atoms with van der Waals surface area (Å²) < 4.78 is 0. The number of nitrogens with zero attached hydrogens (tertiary/aromatic N) is 3. The van der Waals surface area contributed by atoms with Crippen LogP contribution in [0.25, 0.3) is 22.4 Å². The molecule has 1 aliphatic heterocycles. The monoisotopic (exact) mass is 378 g/mol. The summed E-state index contributed by atoms with van der Waals surface area (Å²) in [6.07, 6.45) is 5.53. The van der Waals surface area contributed by atoms with Crippen molar-refractivity contribution in [3.63, 3.8) is 0 Å². The van der Waals surface area contributed by atoms with E-state index in [1.807, 2.05) is 32.9 Å². The molecule has 1 aliphatic rings. The third kappa shape index (κ3) is 3.29. The summed E-state index contributed by atoms with van der Waals surface area (Å²) in [6.45, 7) is 6.83. The molecule has 4 rings (SSSR count). The van der Waals surface area contributed by atoms with Crippen LogP contribution in [-0.4, -0.2) is 45.0 Å². The molecule has 0 unspecified atom stereocenters. The van der Waals surface area contributed by atoms with Gasteiger partial charge in [-0.05, 0) is 25.0 Å². The minimum atomic E-state index is -0.484. The van der Waals surface area contributed by atoms with Crippen LogP contribution in [0.15, 0.2) is 36.7 Å². The van der Waals surface area contributed by atoms with Gasteiger partial charge in [-0.15, -0.1) is 0 Å². The predicted molar refractivity (Wildman–Crippen MR) is 111 cm³/mol. The fraction of sp³-hybridized carbons (Fsp3) is 0.409. The molecule has 28 heavy (non-hydrogen) atoms. The van der Waals surface area contributed by atoms with Gasteiger partial charge >= 0.3 is 0 Å². The minimum Gasteiger partial charge on any atom is -0.394 e. The molecule has 0 radical (unpaired) electrons. The average molecular weight is 378 g/mol. The van der Waals surface area contributed by atoms with Crippen LogP contribution in [0, 0.1) is 5.41 Å².